The van der Waals surface area contributed by atoms with Crippen molar-refractivity contribution in [1.29, 1.82) is 5.26 Å². The van der Waals surface area contributed by atoms with Crippen LogP contribution in [0.1, 0.15) is 39.5 Å². The summed E-state index contributed by atoms with van der Waals surface area (Å²) < 4.78 is 10.8. The van der Waals surface area contributed by atoms with Gasteiger partial charge in [0.1, 0.15) is 0 Å². The molecule has 0 radical (unpaired) electrons. The van der Waals surface area contributed by atoms with Crippen LogP contribution in [0.2, 0.25) is 0 Å². The first-order chi connectivity index (χ1) is 8.07. The predicted octanol–water partition coefficient (Wildman–Crippen LogP) is 1.85. The minimum Gasteiger partial charge on any atom is -0.381 e. The third-order valence-corrected chi connectivity index (χ3v) is 3.12. The summed E-state index contributed by atoms with van der Waals surface area (Å²) in [6.45, 7) is 5.41. The molecule has 0 amide bonds. The van der Waals surface area contributed by atoms with E-state index in [1.165, 1.54) is 12.8 Å². The average Bonchev–Trinajstić information content (AvgIpc) is 3.11. The molecule has 1 N–H and O–H groups in total. The molecule has 17 heavy (non-hydrogen) atoms. The second kappa shape index (κ2) is 6.95. The number of methoxy groups -OCH3 is 1. The smallest absolute Gasteiger partial charge is 0.0977 e. The first kappa shape index (κ1) is 14.4. The van der Waals surface area contributed by atoms with Crippen molar-refractivity contribution in [3.05, 3.63) is 0 Å². The normalized spacial score (nSPS) is 17.8. The van der Waals surface area contributed by atoms with Crippen LogP contribution < -0.4 is 5.32 Å². The Balaban J connectivity index is 2.00. The van der Waals surface area contributed by atoms with Crippen molar-refractivity contribution in [3.63, 3.8) is 0 Å². The van der Waals surface area contributed by atoms with Crippen LogP contribution in [0.5, 0.6) is 0 Å². The molecule has 4 nitrogen and oxygen atoms in total. The van der Waals surface area contributed by atoms with Crippen LogP contribution in [0.4, 0.5) is 0 Å². The lowest BCUT2D eigenvalue weighted by Crippen LogP contribution is -2.31. The van der Waals surface area contributed by atoms with Gasteiger partial charge in [-0.15, -0.1) is 0 Å². The SMILES string of the molecule is COC(C)(C)CCOCCC(C#N)NC1CC1. The summed E-state index contributed by atoms with van der Waals surface area (Å²) in [6.07, 6.45) is 4.05. The lowest BCUT2D eigenvalue weighted by atomic mass is 10.1. The Bertz CT molecular complexity index is 257. The highest BCUT2D eigenvalue weighted by Crippen LogP contribution is 2.19. The van der Waals surface area contributed by atoms with Crippen LogP contribution in [0.3, 0.4) is 0 Å². The van der Waals surface area contributed by atoms with Crippen molar-refractivity contribution in [3.8, 4) is 6.07 Å². The van der Waals surface area contributed by atoms with Gasteiger partial charge in [0.25, 0.3) is 0 Å². The number of nitriles is 1. The third kappa shape index (κ3) is 6.62. The zero-order chi connectivity index (χ0) is 12.7. The maximum atomic E-state index is 8.94. The minimum atomic E-state index is -0.124. The monoisotopic (exact) mass is 240 g/mol. The van der Waals surface area contributed by atoms with Gasteiger partial charge < -0.3 is 9.47 Å². The van der Waals surface area contributed by atoms with E-state index in [1.54, 1.807) is 7.11 Å². The molecule has 1 saturated carbocycles. The van der Waals surface area contributed by atoms with Crippen LogP contribution in [0.15, 0.2) is 0 Å². The summed E-state index contributed by atoms with van der Waals surface area (Å²) in [5, 5.41) is 12.2. The number of rotatable bonds is 9. The maximum Gasteiger partial charge on any atom is 0.0977 e. The largest absolute Gasteiger partial charge is 0.381 e. The fourth-order valence-corrected chi connectivity index (χ4v) is 1.44. The molecular formula is C13H24N2O2. The van der Waals surface area contributed by atoms with Gasteiger partial charge in [-0.25, -0.2) is 0 Å². The average molecular weight is 240 g/mol. The molecule has 0 aromatic rings. The standard InChI is InChI=1S/C13H24N2O2/c1-13(2,16-3)7-9-17-8-6-12(10-14)15-11-4-5-11/h11-12,15H,4-9H2,1-3H3. The van der Waals surface area contributed by atoms with E-state index in [-0.39, 0.29) is 11.6 Å². The topological polar surface area (TPSA) is 54.3 Å². The molecular weight excluding hydrogens is 216 g/mol. The molecule has 4 heteroatoms. The van der Waals surface area contributed by atoms with Crippen molar-refractivity contribution < 1.29 is 9.47 Å². The predicted molar refractivity (Wildman–Crippen MR) is 66.7 cm³/mol. The van der Waals surface area contributed by atoms with Crippen molar-refractivity contribution in [2.24, 2.45) is 0 Å². The fourth-order valence-electron chi connectivity index (χ4n) is 1.44. The molecule has 0 heterocycles. The highest BCUT2D eigenvalue weighted by atomic mass is 16.5. The zero-order valence-electron chi connectivity index (χ0n) is 11.2. The fraction of sp³-hybridized carbons (Fsp3) is 0.923. The summed E-state index contributed by atoms with van der Waals surface area (Å²) in [6, 6.07) is 2.79. The van der Waals surface area contributed by atoms with Gasteiger partial charge in [-0.05, 0) is 39.5 Å². The van der Waals surface area contributed by atoms with E-state index in [1.807, 2.05) is 13.8 Å². The number of hydrogen-bond donors (Lipinski definition) is 1. The molecule has 0 bridgehead atoms. The van der Waals surface area contributed by atoms with Crippen LogP contribution >= 0.6 is 0 Å². The summed E-state index contributed by atoms with van der Waals surface area (Å²) >= 11 is 0. The Labute approximate surface area is 104 Å². The van der Waals surface area contributed by atoms with Gasteiger partial charge in [0, 0.05) is 26.4 Å². The molecule has 1 fully saturated rings. The van der Waals surface area contributed by atoms with E-state index in [9.17, 15) is 0 Å². The maximum absolute atomic E-state index is 8.94. The van der Waals surface area contributed by atoms with Gasteiger partial charge in [0.15, 0.2) is 0 Å². The highest BCUT2D eigenvalue weighted by Gasteiger charge is 2.24. The van der Waals surface area contributed by atoms with Crippen molar-refractivity contribution in [2.75, 3.05) is 20.3 Å². The summed E-state index contributed by atoms with van der Waals surface area (Å²) in [5.41, 5.74) is -0.124. The first-order valence-corrected chi connectivity index (χ1v) is 6.36. The van der Waals surface area contributed by atoms with E-state index < -0.39 is 0 Å². The molecule has 1 rings (SSSR count). The Morgan fingerprint density at radius 3 is 2.65 bits per heavy atom. The minimum absolute atomic E-state index is 0.0575. The molecule has 0 aliphatic heterocycles. The van der Waals surface area contributed by atoms with Crippen LogP contribution in [0.25, 0.3) is 0 Å². The Kier molecular flexibility index (Phi) is 5.90. The van der Waals surface area contributed by atoms with Gasteiger partial charge in [-0.3, -0.25) is 5.32 Å². The Morgan fingerprint density at radius 1 is 1.41 bits per heavy atom. The first-order valence-electron chi connectivity index (χ1n) is 6.36. The summed E-state index contributed by atoms with van der Waals surface area (Å²) in [7, 11) is 1.71. The van der Waals surface area contributed by atoms with E-state index in [0.29, 0.717) is 19.3 Å². The van der Waals surface area contributed by atoms with Crippen LogP contribution in [-0.4, -0.2) is 38.0 Å². The van der Waals surface area contributed by atoms with E-state index in [4.69, 9.17) is 14.7 Å². The molecule has 0 aromatic carbocycles. The van der Waals surface area contributed by atoms with Crippen LogP contribution in [0, 0.1) is 11.3 Å². The van der Waals surface area contributed by atoms with Gasteiger partial charge in [-0.2, -0.15) is 5.26 Å². The number of ether oxygens (including phenoxy) is 2. The number of nitrogens with one attached hydrogen (secondary N) is 1. The van der Waals surface area contributed by atoms with Crippen molar-refractivity contribution in [1.82, 2.24) is 5.32 Å². The molecule has 1 aliphatic rings. The van der Waals surface area contributed by atoms with Gasteiger partial charge >= 0.3 is 0 Å². The van der Waals surface area contributed by atoms with Crippen molar-refractivity contribution >= 4 is 0 Å². The molecule has 1 aliphatic carbocycles. The quantitative estimate of drug-likeness (QED) is 0.625. The Morgan fingerprint density at radius 2 is 2.12 bits per heavy atom. The number of hydrogen-bond acceptors (Lipinski definition) is 4. The molecule has 98 valence electrons. The molecule has 0 spiro atoms. The second-order valence-corrected chi connectivity index (χ2v) is 5.24. The van der Waals surface area contributed by atoms with Crippen molar-refractivity contribution in [2.45, 2.75) is 57.2 Å². The lowest BCUT2D eigenvalue weighted by molar-refractivity contribution is -0.0103. The highest BCUT2D eigenvalue weighted by molar-refractivity contribution is 4.95. The van der Waals surface area contributed by atoms with Gasteiger partial charge in [0.05, 0.1) is 17.7 Å². The third-order valence-electron chi connectivity index (χ3n) is 3.12. The molecule has 0 saturated heterocycles. The van der Waals surface area contributed by atoms with E-state index in [2.05, 4.69) is 11.4 Å². The van der Waals surface area contributed by atoms with E-state index in [0.717, 1.165) is 12.8 Å². The molecule has 0 aromatic heterocycles. The lowest BCUT2D eigenvalue weighted by Gasteiger charge is -2.22. The van der Waals surface area contributed by atoms with E-state index >= 15 is 0 Å². The zero-order valence-corrected chi connectivity index (χ0v) is 11.2. The molecule has 1 unspecified atom stereocenters. The Hall–Kier alpha value is -0.630. The van der Waals surface area contributed by atoms with Gasteiger partial charge in [-0.1, -0.05) is 0 Å². The molecule has 1 atom stereocenters. The van der Waals surface area contributed by atoms with Crippen LogP contribution in [-0.2, 0) is 9.47 Å². The summed E-state index contributed by atoms with van der Waals surface area (Å²) in [5.74, 6) is 0. The van der Waals surface area contributed by atoms with Gasteiger partial charge in [0.2, 0.25) is 0 Å². The summed E-state index contributed by atoms with van der Waals surface area (Å²) in [4.78, 5) is 0. The second-order valence-electron chi connectivity index (χ2n) is 5.24. The number of nitrogens with zero attached hydrogens (tertiary/aromatic N) is 1.